The fraction of sp³-hybridized carbons (Fsp3) is 0.346. The zero-order valence-electron chi connectivity index (χ0n) is 20.3. The minimum atomic E-state index is -0.702. The largest absolute Gasteiger partial charge is 0.383 e. The van der Waals surface area contributed by atoms with Crippen molar-refractivity contribution in [2.75, 3.05) is 42.8 Å². The number of methoxy groups -OCH3 is 1. The smallest absolute Gasteiger partial charge is 0.330 e. The number of amides is 1. The van der Waals surface area contributed by atoms with E-state index in [2.05, 4.69) is 28.5 Å². The SMILES string of the molecule is COCCN(C(=O)CNc1ccc2c(c1)Cc1ccccc1-2)c1c(N)n(CC(C)C)c(=O)[nH]c1=O. The molecule has 184 valence electrons. The van der Waals surface area contributed by atoms with Crippen LogP contribution in [-0.2, 0) is 22.5 Å². The van der Waals surface area contributed by atoms with Gasteiger partial charge in [-0.25, -0.2) is 4.79 Å². The molecule has 9 heteroatoms. The molecule has 1 heterocycles. The number of fused-ring (bicyclic) bond motifs is 3. The number of hydrogen-bond acceptors (Lipinski definition) is 6. The molecular formula is C26H31N5O4. The van der Waals surface area contributed by atoms with Gasteiger partial charge in [-0.15, -0.1) is 0 Å². The van der Waals surface area contributed by atoms with Gasteiger partial charge in [-0.1, -0.05) is 44.2 Å². The van der Waals surface area contributed by atoms with E-state index >= 15 is 0 Å². The van der Waals surface area contributed by atoms with Crippen LogP contribution < -0.4 is 27.2 Å². The van der Waals surface area contributed by atoms with Gasteiger partial charge < -0.3 is 20.7 Å². The highest BCUT2D eigenvalue weighted by Gasteiger charge is 2.24. The van der Waals surface area contributed by atoms with Gasteiger partial charge in [0.25, 0.3) is 5.56 Å². The first-order valence-electron chi connectivity index (χ1n) is 11.7. The number of carbonyl (C=O) groups is 1. The van der Waals surface area contributed by atoms with Crippen LogP contribution >= 0.6 is 0 Å². The monoisotopic (exact) mass is 477 g/mol. The van der Waals surface area contributed by atoms with Crippen molar-refractivity contribution < 1.29 is 9.53 Å². The number of nitrogens with one attached hydrogen (secondary N) is 2. The highest BCUT2D eigenvalue weighted by molar-refractivity contribution is 5.98. The first-order chi connectivity index (χ1) is 16.8. The second kappa shape index (κ2) is 10.2. The zero-order valence-corrected chi connectivity index (χ0v) is 20.3. The number of nitrogens with zero attached hydrogens (tertiary/aromatic N) is 2. The van der Waals surface area contributed by atoms with E-state index in [1.54, 1.807) is 0 Å². The molecule has 0 aliphatic heterocycles. The Kier molecular flexibility index (Phi) is 7.07. The minimum Gasteiger partial charge on any atom is -0.383 e. The van der Waals surface area contributed by atoms with Crippen molar-refractivity contribution >= 4 is 23.1 Å². The predicted octanol–water partition coefficient (Wildman–Crippen LogP) is 2.44. The van der Waals surface area contributed by atoms with Gasteiger partial charge in [-0.05, 0) is 46.7 Å². The van der Waals surface area contributed by atoms with Crippen molar-refractivity contribution in [2.45, 2.75) is 26.8 Å². The van der Waals surface area contributed by atoms with Crippen LogP contribution in [0.15, 0.2) is 52.1 Å². The van der Waals surface area contributed by atoms with Gasteiger partial charge in [0, 0.05) is 25.9 Å². The van der Waals surface area contributed by atoms with Crippen LogP contribution in [0.3, 0.4) is 0 Å². The molecule has 2 aromatic carbocycles. The maximum Gasteiger partial charge on any atom is 0.330 e. The number of carbonyl (C=O) groups excluding carboxylic acids is 1. The van der Waals surface area contributed by atoms with Gasteiger partial charge in [0.05, 0.1) is 13.2 Å². The van der Waals surface area contributed by atoms with Crippen LogP contribution in [0.25, 0.3) is 11.1 Å². The number of nitrogen functional groups attached to an aromatic ring is 1. The van der Waals surface area contributed by atoms with E-state index in [0.29, 0.717) is 6.54 Å². The second-order valence-electron chi connectivity index (χ2n) is 9.10. The molecule has 0 unspecified atom stereocenters. The molecule has 0 saturated heterocycles. The van der Waals surface area contributed by atoms with E-state index < -0.39 is 11.2 Å². The topological polar surface area (TPSA) is 122 Å². The fourth-order valence-electron chi connectivity index (χ4n) is 4.46. The lowest BCUT2D eigenvalue weighted by molar-refractivity contribution is -0.117. The molecular weight excluding hydrogens is 446 g/mol. The molecule has 1 amide bonds. The summed E-state index contributed by atoms with van der Waals surface area (Å²) < 4.78 is 6.44. The van der Waals surface area contributed by atoms with E-state index in [0.717, 1.165) is 12.1 Å². The Morgan fingerprint density at radius 3 is 2.66 bits per heavy atom. The van der Waals surface area contributed by atoms with Crippen LogP contribution in [0.1, 0.15) is 25.0 Å². The maximum absolute atomic E-state index is 13.3. The summed E-state index contributed by atoms with van der Waals surface area (Å²) in [4.78, 5) is 41.9. The standard InChI is InChI=1S/C26H31N5O4/c1-16(2)15-31-24(27)23(25(33)29-26(31)34)30(10-11-35-3)22(32)14-28-19-8-9-21-18(13-19)12-17-6-4-5-7-20(17)21/h4-9,13,16,28H,10-12,14-15,27H2,1-3H3,(H,29,33,34). The lowest BCUT2D eigenvalue weighted by Crippen LogP contribution is -2.44. The van der Waals surface area contributed by atoms with Crippen molar-refractivity contribution in [1.29, 1.82) is 0 Å². The molecule has 3 aromatic rings. The summed E-state index contributed by atoms with van der Waals surface area (Å²) in [5, 5.41) is 3.17. The van der Waals surface area contributed by atoms with Crippen LogP contribution in [0.4, 0.5) is 17.2 Å². The predicted molar refractivity (Wildman–Crippen MR) is 138 cm³/mol. The number of hydrogen-bond donors (Lipinski definition) is 3. The third-order valence-electron chi connectivity index (χ3n) is 6.09. The van der Waals surface area contributed by atoms with Crippen molar-refractivity contribution in [1.82, 2.24) is 9.55 Å². The lowest BCUT2D eigenvalue weighted by atomic mass is 10.1. The normalized spacial score (nSPS) is 11.9. The number of rotatable bonds is 9. The Bertz CT molecular complexity index is 1360. The molecule has 4 rings (SSSR count). The molecule has 1 aliphatic rings. The summed E-state index contributed by atoms with van der Waals surface area (Å²) in [5.41, 5.74) is 10.6. The number of ether oxygens (including phenoxy) is 1. The molecule has 0 bridgehead atoms. The van der Waals surface area contributed by atoms with Crippen LogP contribution in [0.2, 0.25) is 0 Å². The molecule has 0 radical (unpaired) electrons. The molecule has 9 nitrogen and oxygen atoms in total. The van der Waals surface area contributed by atoms with E-state index in [4.69, 9.17) is 10.5 Å². The molecule has 1 aliphatic carbocycles. The molecule has 0 fully saturated rings. The lowest BCUT2D eigenvalue weighted by Gasteiger charge is -2.25. The first kappa shape index (κ1) is 24.3. The summed E-state index contributed by atoms with van der Waals surface area (Å²) in [7, 11) is 1.51. The average molecular weight is 478 g/mol. The minimum absolute atomic E-state index is 0.0350. The molecule has 0 saturated carbocycles. The summed E-state index contributed by atoms with van der Waals surface area (Å²) in [6.45, 7) is 4.44. The highest BCUT2D eigenvalue weighted by atomic mass is 16.5. The number of H-pyrrole nitrogens is 1. The number of benzene rings is 2. The van der Waals surface area contributed by atoms with Crippen molar-refractivity contribution in [3.63, 3.8) is 0 Å². The zero-order chi connectivity index (χ0) is 25.1. The summed E-state index contributed by atoms with van der Waals surface area (Å²) in [5.74, 6) is -0.283. The Balaban J connectivity index is 1.57. The molecule has 35 heavy (non-hydrogen) atoms. The third-order valence-corrected chi connectivity index (χ3v) is 6.09. The highest BCUT2D eigenvalue weighted by Crippen LogP contribution is 2.37. The van der Waals surface area contributed by atoms with Crippen LogP contribution in [0, 0.1) is 5.92 Å². The van der Waals surface area contributed by atoms with Crippen LogP contribution in [-0.4, -0.2) is 42.3 Å². The van der Waals surface area contributed by atoms with Gasteiger partial charge in [0.1, 0.15) is 5.82 Å². The van der Waals surface area contributed by atoms with Crippen LogP contribution in [0.5, 0.6) is 0 Å². The number of anilines is 3. The van der Waals surface area contributed by atoms with E-state index in [1.165, 1.54) is 38.8 Å². The summed E-state index contributed by atoms with van der Waals surface area (Å²) in [6, 6.07) is 14.4. The van der Waals surface area contributed by atoms with E-state index in [-0.39, 0.29) is 43.0 Å². The number of nitrogens with two attached hydrogens (primary N) is 1. The van der Waals surface area contributed by atoms with Gasteiger partial charge in [-0.2, -0.15) is 0 Å². The van der Waals surface area contributed by atoms with Gasteiger partial charge in [-0.3, -0.25) is 19.1 Å². The van der Waals surface area contributed by atoms with E-state index in [9.17, 15) is 14.4 Å². The van der Waals surface area contributed by atoms with E-state index in [1.807, 2.05) is 38.1 Å². The molecule has 0 spiro atoms. The Morgan fingerprint density at radius 1 is 1.17 bits per heavy atom. The van der Waals surface area contributed by atoms with Crippen molar-refractivity contribution in [3.8, 4) is 11.1 Å². The Morgan fingerprint density at radius 2 is 1.91 bits per heavy atom. The van der Waals surface area contributed by atoms with Gasteiger partial charge in [0.2, 0.25) is 5.91 Å². The third kappa shape index (κ3) is 5.00. The van der Waals surface area contributed by atoms with Gasteiger partial charge in [0.15, 0.2) is 5.69 Å². The summed E-state index contributed by atoms with van der Waals surface area (Å²) in [6.07, 6.45) is 0.845. The Hall–Kier alpha value is -3.85. The Labute approximate surface area is 203 Å². The molecule has 0 atom stereocenters. The maximum atomic E-state index is 13.3. The van der Waals surface area contributed by atoms with Crippen molar-refractivity contribution in [2.24, 2.45) is 5.92 Å². The number of aromatic nitrogens is 2. The average Bonchev–Trinajstić information content (AvgIpc) is 3.20. The molecule has 1 aromatic heterocycles. The first-order valence-corrected chi connectivity index (χ1v) is 11.7. The van der Waals surface area contributed by atoms with Crippen molar-refractivity contribution in [3.05, 3.63) is 74.4 Å². The fourth-order valence-corrected chi connectivity index (χ4v) is 4.46. The molecule has 4 N–H and O–H groups in total. The second-order valence-corrected chi connectivity index (χ2v) is 9.10. The number of aromatic amines is 1. The quantitative estimate of drug-likeness (QED) is 0.340. The van der Waals surface area contributed by atoms with Gasteiger partial charge >= 0.3 is 5.69 Å². The summed E-state index contributed by atoms with van der Waals surface area (Å²) >= 11 is 0.